The second-order valence-corrected chi connectivity index (χ2v) is 8.46. The molecule has 154 valence electrons. The van der Waals surface area contributed by atoms with Gasteiger partial charge in [0.25, 0.3) is 0 Å². The fourth-order valence-electron chi connectivity index (χ4n) is 2.59. The third-order valence-electron chi connectivity index (χ3n) is 4.21. The highest BCUT2D eigenvalue weighted by Crippen LogP contribution is 2.16. The van der Waals surface area contributed by atoms with Crippen LogP contribution in [0.4, 0.5) is 0 Å². The number of nitrogens with zero attached hydrogens (tertiary/aromatic N) is 1. The maximum absolute atomic E-state index is 11.3. The Hall–Kier alpha value is -2.25. The van der Waals surface area contributed by atoms with Crippen LogP contribution in [0, 0.1) is 0 Å². The quantitative estimate of drug-likeness (QED) is 0.418. The van der Waals surface area contributed by atoms with Crippen molar-refractivity contribution in [3.63, 3.8) is 0 Å². The van der Waals surface area contributed by atoms with E-state index in [-0.39, 0.29) is 17.7 Å². The predicted octanol–water partition coefficient (Wildman–Crippen LogP) is 4.99. The van der Waals surface area contributed by atoms with Crippen LogP contribution in [-0.4, -0.2) is 29.0 Å². The first kappa shape index (κ1) is 23.8. The van der Waals surface area contributed by atoms with Crippen LogP contribution >= 0.6 is 0 Å². The molecule has 7 heteroatoms. The summed E-state index contributed by atoms with van der Waals surface area (Å²) < 4.78 is 31.6. The fraction of sp³-hybridized carbons (Fsp3) is 0.429. The minimum absolute atomic E-state index is 0.0773. The molecule has 0 bridgehead atoms. The van der Waals surface area contributed by atoms with Crippen LogP contribution in [0.15, 0.2) is 52.1 Å². The molecule has 0 aliphatic rings. The van der Waals surface area contributed by atoms with Crippen molar-refractivity contribution in [2.45, 2.75) is 64.8 Å². The molecule has 2 N–H and O–H groups in total. The first-order valence-corrected chi connectivity index (χ1v) is 10.6. The number of carbonyl (C=O) groups is 1. The molecule has 0 aliphatic carbocycles. The van der Waals surface area contributed by atoms with Gasteiger partial charge in [0.1, 0.15) is 0 Å². The van der Waals surface area contributed by atoms with Gasteiger partial charge in [-0.2, -0.15) is 8.42 Å². The second kappa shape index (κ2) is 10.9. The van der Waals surface area contributed by atoms with Gasteiger partial charge in [0.05, 0.1) is 11.3 Å². The van der Waals surface area contributed by atoms with Gasteiger partial charge in [0.2, 0.25) is 0 Å². The minimum atomic E-state index is -4.48. The molecule has 28 heavy (non-hydrogen) atoms. The van der Waals surface area contributed by atoms with Crippen LogP contribution < -0.4 is 0 Å². The van der Waals surface area contributed by atoms with E-state index in [9.17, 15) is 18.3 Å². The lowest BCUT2D eigenvalue weighted by Crippen LogP contribution is -2.09. The summed E-state index contributed by atoms with van der Waals surface area (Å²) in [7, 11) is -4.48. The highest BCUT2D eigenvalue weighted by molar-refractivity contribution is 7.85. The average molecular weight is 408 g/mol. The van der Waals surface area contributed by atoms with E-state index in [0.717, 1.165) is 43.4 Å². The van der Waals surface area contributed by atoms with Crippen molar-refractivity contribution < 1.29 is 22.9 Å². The van der Waals surface area contributed by atoms with Gasteiger partial charge in [-0.15, -0.1) is 0 Å². The summed E-state index contributed by atoms with van der Waals surface area (Å²) >= 11 is 0. The van der Waals surface area contributed by atoms with Crippen LogP contribution in [-0.2, 0) is 16.5 Å². The van der Waals surface area contributed by atoms with Crippen LogP contribution in [0.1, 0.15) is 69.4 Å². The SMILES string of the molecule is CC(C)=CCCC(C)=CCCC(C)=CCc1nc(S(=O)(=O)O)ccc1C(=O)O. The molecule has 1 heterocycles. The average Bonchev–Trinajstić information content (AvgIpc) is 2.58. The summed E-state index contributed by atoms with van der Waals surface area (Å²) in [4.78, 5) is 15.1. The number of aromatic nitrogens is 1. The van der Waals surface area contributed by atoms with E-state index in [1.165, 1.54) is 11.1 Å². The van der Waals surface area contributed by atoms with Gasteiger partial charge in [0, 0.05) is 6.42 Å². The van der Waals surface area contributed by atoms with Crippen molar-refractivity contribution in [1.29, 1.82) is 0 Å². The van der Waals surface area contributed by atoms with Crippen LogP contribution in [0.3, 0.4) is 0 Å². The molecule has 0 atom stereocenters. The molecule has 0 radical (unpaired) electrons. The van der Waals surface area contributed by atoms with E-state index in [1.807, 2.05) is 13.0 Å². The number of hydrogen-bond donors (Lipinski definition) is 2. The number of pyridine rings is 1. The van der Waals surface area contributed by atoms with Crippen molar-refractivity contribution in [3.05, 3.63) is 58.3 Å². The Labute approximate surface area is 167 Å². The van der Waals surface area contributed by atoms with Crippen molar-refractivity contribution in [1.82, 2.24) is 4.98 Å². The lowest BCUT2D eigenvalue weighted by Gasteiger charge is -2.06. The Morgan fingerprint density at radius 1 is 1.00 bits per heavy atom. The summed E-state index contributed by atoms with van der Waals surface area (Å²) in [5, 5.41) is 8.70. The fourth-order valence-corrected chi connectivity index (χ4v) is 3.05. The monoisotopic (exact) mass is 407 g/mol. The topological polar surface area (TPSA) is 105 Å². The largest absolute Gasteiger partial charge is 0.478 e. The van der Waals surface area contributed by atoms with Gasteiger partial charge in [-0.25, -0.2) is 9.78 Å². The Bertz CT molecular complexity index is 891. The smallest absolute Gasteiger partial charge is 0.337 e. The standard InChI is InChI=1S/C21H29NO5S/c1-15(2)7-5-8-16(3)9-6-10-17(4)11-13-19-18(21(23)24)12-14-20(22-19)28(25,26)27/h7,9,11-12,14H,5-6,8,10,13H2,1-4H3,(H,23,24)(H,25,26,27). The lowest BCUT2D eigenvalue weighted by molar-refractivity contribution is 0.0695. The summed E-state index contributed by atoms with van der Waals surface area (Å²) in [6, 6.07) is 2.14. The Kier molecular flexibility index (Phi) is 9.28. The zero-order chi connectivity index (χ0) is 21.3. The zero-order valence-corrected chi connectivity index (χ0v) is 17.7. The minimum Gasteiger partial charge on any atom is -0.478 e. The molecular formula is C21H29NO5S. The molecular weight excluding hydrogens is 378 g/mol. The molecule has 0 amide bonds. The predicted molar refractivity (Wildman–Crippen MR) is 110 cm³/mol. The van der Waals surface area contributed by atoms with E-state index in [2.05, 4.69) is 37.9 Å². The second-order valence-electron chi connectivity index (χ2n) is 7.09. The highest BCUT2D eigenvalue weighted by Gasteiger charge is 2.17. The molecule has 1 aromatic rings. The van der Waals surface area contributed by atoms with Crippen molar-refractivity contribution in [2.75, 3.05) is 0 Å². The summed E-state index contributed by atoms with van der Waals surface area (Å²) in [6.07, 6.45) is 10.2. The first-order chi connectivity index (χ1) is 13.0. The highest BCUT2D eigenvalue weighted by atomic mass is 32.2. The number of aromatic carboxylic acids is 1. The number of carboxylic acids is 1. The first-order valence-electron chi connectivity index (χ1n) is 9.16. The van der Waals surface area contributed by atoms with E-state index in [1.54, 1.807) is 0 Å². The van der Waals surface area contributed by atoms with Gasteiger partial charge in [-0.05, 0) is 65.5 Å². The Morgan fingerprint density at radius 3 is 2.11 bits per heavy atom. The Morgan fingerprint density at radius 2 is 1.57 bits per heavy atom. The summed E-state index contributed by atoms with van der Waals surface area (Å²) in [5.74, 6) is -1.19. The van der Waals surface area contributed by atoms with Crippen molar-refractivity contribution >= 4 is 16.1 Å². The van der Waals surface area contributed by atoms with Crippen LogP contribution in [0.5, 0.6) is 0 Å². The van der Waals surface area contributed by atoms with Crippen molar-refractivity contribution in [3.8, 4) is 0 Å². The van der Waals surface area contributed by atoms with Crippen LogP contribution in [0.25, 0.3) is 0 Å². The molecule has 1 rings (SSSR count). The molecule has 0 unspecified atom stereocenters. The molecule has 1 aromatic heterocycles. The third kappa shape index (κ3) is 8.63. The number of rotatable bonds is 10. The molecule has 6 nitrogen and oxygen atoms in total. The molecule has 0 spiro atoms. The zero-order valence-electron chi connectivity index (χ0n) is 16.9. The van der Waals surface area contributed by atoms with E-state index < -0.39 is 21.1 Å². The maximum Gasteiger partial charge on any atom is 0.337 e. The van der Waals surface area contributed by atoms with Gasteiger partial charge < -0.3 is 5.11 Å². The molecule has 0 saturated carbocycles. The van der Waals surface area contributed by atoms with Gasteiger partial charge in [-0.3, -0.25) is 4.55 Å². The molecule has 0 saturated heterocycles. The maximum atomic E-state index is 11.3. The molecule has 0 fully saturated rings. The van der Waals surface area contributed by atoms with Gasteiger partial charge >= 0.3 is 16.1 Å². The number of allylic oxidation sites excluding steroid dienone is 6. The van der Waals surface area contributed by atoms with Crippen molar-refractivity contribution in [2.24, 2.45) is 0 Å². The summed E-state index contributed by atoms with van der Waals surface area (Å²) in [6.45, 7) is 8.23. The van der Waals surface area contributed by atoms with Crippen LogP contribution in [0.2, 0.25) is 0 Å². The normalized spacial score (nSPS) is 12.8. The van der Waals surface area contributed by atoms with Gasteiger partial charge in [0.15, 0.2) is 5.03 Å². The van der Waals surface area contributed by atoms with E-state index >= 15 is 0 Å². The lowest BCUT2D eigenvalue weighted by atomic mass is 10.0. The summed E-state index contributed by atoms with van der Waals surface area (Å²) in [5.41, 5.74) is 3.74. The number of carboxylic acid groups (broad SMARTS) is 1. The third-order valence-corrected chi connectivity index (χ3v) is 4.97. The number of hydrogen-bond acceptors (Lipinski definition) is 4. The molecule has 0 aliphatic heterocycles. The van der Waals surface area contributed by atoms with E-state index in [0.29, 0.717) is 0 Å². The Balaban J connectivity index is 2.76. The van der Waals surface area contributed by atoms with E-state index in [4.69, 9.17) is 4.55 Å². The molecule has 0 aromatic carbocycles. The van der Waals surface area contributed by atoms with Gasteiger partial charge in [-0.1, -0.05) is 34.9 Å².